The van der Waals surface area contributed by atoms with Crippen molar-refractivity contribution < 1.29 is 9.78 Å². The molecule has 1 aromatic carbocycles. The molecule has 0 amide bonds. The van der Waals surface area contributed by atoms with Crippen LogP contribution in [0.15, 0.2) is 30.3 Å². The van der Waals surface area contributed by atoms with Gasteiger partial charge in [0.25, 0.3) is 0 Å². The first-order valence-electron chi connectivity index (χ1n) is 3.39. The molecule has 2 rings (SSSR count). The molecule has 0 saturated carbocycles. The Labute approximate surface area is 65.0 Å². The van der Waals surface area contributed by atoms with E-state index >= 15 is 0 Å². The molecular weight excluding hydrogens is 140 g/mol. The largest absolute Gasteiger partial charge is 0.336 e. The van der Waals surface area contributed by atoms with Crippen LogP contribution in [0.25, 0.3) is 6.08 Å². The van der Waals surface area contributed by atoms with Gasteiger partial charge in [-0.3, -0.25) is 0 Å². The zero-order chi connectivity index (χ0) is 7.52. The van der Waals surface area contributed by atoms with Crippen LogP contribution in [0.2, 0.25) is 0 Å². The Morgan fingerprint density at radius 2 is 2.00 bits per heavy atom. The zero-order valence-corrected chi connectivity index (χ0v) is 5.86. The first-order chi connectivity index (χ1) is 5.47. The average molecular weight is 147 g/mol. The summed E-state index contributed by atoms with van der Waals surface area (Å²) >= 11 is 0. The average Bonchev–Trinajstić information content (AvgIpc) is 2.28. The van der Waals surface area contributed by atoms with Crippen molar-refractivity contribution in [1.29, 1.82) is 0 Å². The summed E-state index contributed by atoms with van der Waals surface area (Å²) in [6, 6.07) is 7.69. The Hall–Kier alpha value is -1.28. The van der Waals surface area contributed by atoms with E-state index in [-0.39, 0.29) is 0 Å². The van der Waals surface area contributed by atoms with Gasteiger partial charge in [0.1, 0.15) is 0 Å². The molecule has 0 unspecified atom stereocenters. The van der Waals surface area contributed by atoms with Crippen LogP contribution < -0.4 is 4.89 Å². The lowest BCUT2D eigenvalue weighted by Crippen LogP contribution is -1.91. The molecule has 55 valence electrons. The quantitative estimate of drug-likeness (QED) is 0.523. The maximum Gasteiger partial charge on any atom is 0.172 e. The molecule has 1 aliphatic heterocycles. The Kier molecular flexibility index (Phi) is 1.61. The molecule has 2 nitrogen and oxygen atoms in total. The standard InChI is InChI=1S/C9H7O2/c1-2-6-9-8(4-1)5-3-7-10-11-9/h1-7H. The summed E-state index contributed by atoms with van der Waals surface area (Å²) in [4.78, 5) is 9.64. The fourth-order valence-electron chi connectivity index (χ4n) is 0.949. The third-order valence-corrected chi connectivity index (χ3v) is 1.47. The lowest BCUT2D eigenvalue weighted by atomic mass is 10.2. The van der Waals surface area contributed by atoms with Crippen molar-refractivity contribution in [3.63, 3.8) is 0 Å². The van der Waals surface area contributed by atoms with Gasteiger partial charge in [0, 0.05) is 5.56 Å². The minimum atomic E-state index is 0.748. The topological polar surface area (TPSA) is 18.5 Å². The summed E-state index contributed by atoms with van der Waals surface area (Å²) in [5, 5.41) is 0. The number of fused-ring (bicyclic) bond motifs is 1. The van der Waals surface area contributed by atoms with Crippen LogP contribution in [0, 0.1) is 6.61 Å². The number of rotatable bonds is 0. The molecule has 0 spiro atoms. The second-order valence-electron chi connectivity index (χ2n) is 2.21. The molecule has 0 aromatic heterocycles. The Balaban J connectivity index is 2.45. The van der Waals surface area contributed by atoms with Gasteiger partial charge in [-0.15, -0.1) is 0 Å². The molecule has 1 heterocycles. The van der Waals surface area contributed by atoms with Gasteiger partial charge < -0.3 is 4.89 Å². The molecule has 0 saturated heterocycles. The summed E-state index contributed by atoms with van der Waals surface area (Å²) in [5.41, 5.74) is 1.03. The maximum atomic E-state index is 4.93. The van der Waals surface area contributed by atoms with Crippen molar-refractivity contribution in [2.45, 2.75) is 0 Å². The summed E-state index contributed by atoms with van der Waals surface area (Å²) < 4.78 is 0. The third kappa shape index (κ3) is 1.25. The van der Waals surface area contributed by atoms with E-state index in [1.54, 1.807) is 6.08 Å². The van der Waals surface area contributed by atoms with Crippen LogP contribution in [0.3, 0.4) is 0 Å². The molecule has 1 radical (unpaired) electrons. The van der Waals surface area contributed by atoms with Gasteiger partial charge in [-0.25, -0.2) is 0 Å². The number of para-hydroxylation sites is 1. The van der Waals surface area contributed by atoms with Crippen LogP contribution in [0.1, 0.15) is 5.56 Å². The molecule has 1 aliphatic rings. The van der Waals surface area contributed by atoms with Crippen molar-refractivity contribution in [1.82, 2.24) is 0 Å². The summed E-state index contributed by atoms with van der Waals surface area (Å²) in [6.45, 7) is 1.50. The molecule has 0 atom stereocenters. The van der Waals surface area contributed by atoms with E-state index in [1.807, 2.05) is 30.3 Å². The highest BCUT2D eigenvalue weighted by molar-refractivity contribution is 5.58. The van der Waals surface area contributed by atoms with Crippen LogP contribution in [-0.4, -0.2) is 0 Å². The molecule has 11 heavy (non-hydrogen) atoms. The highest BCUT2D eigenvalue weighted by Crippen LogP contribution is 2.21. The summed E-state index contributed by atoms with van der Waals surface area (Å²) in [5.74, 6) is 0.748. The predicted molar refractivity (Wildman–Crippen MR) is 41.5 cm³/mol. The highest BCUT2D eigenvalue weighted by Gasteiger charge is 2.02. The predicted octanol–water partition coefficient (Wildman–Crippen LogP) is 2.19. The molecule has 0 bridgehead atoms. The Morgan fingerprint density at radius 1 is 1.09 bits per heavy atom. The smallest absolute Gasteiger partial charge is 0.172 e. The molecule has 0 fully saturated rings. The first kappa shape index (κ1) is 6.43. The maximum absolute atomic E-state index is 4.93. The third-order valence-electron chi connectivity index (χ3n) is 1.47. The van der Waals surface area contributed by atoms with Crippen molar-refractivity contribution in [2.24, 2.45) is 0 Å². The number of benzene rings is 1. The normalized spacial score (nSPS) is 14.9. The SMILES string of the molecule is [CH]1C=Cc2ccccc2OO1. The fourth-order valence-corrected chi connectivity index (χ4v) is 0.949. The van der Waals surface area contributed by atoms with E-state index in [9.17, 15) is 0 Å². The van der Waals surface area contributed by atoms with Gasteiger partial charge in [0.2, 0.25) is 0 Å². The second kappa shape index (κ2) is 2.76. The van der Waals surface area contributed by atoms with Crippen molar-refractivity contribution in [3.8, 4) is 5.75 Å². The van der Waals surface area contributed by atoms with Crippen molar-refractivity contribution in [2.75, 3.05) is 0 Å². The van der Waals surface area contributed by atoms with E-state index in [2.05, 4.69) is 0 Å². The summed E-state index contributed by atoms with van der Waals surface area (Å²) in [7, 11) is 0. The van der Waals surface area contributed by atoms with Crippen molar-refractivity contribution in [3.05, 3.63) is 42.5 Å². The van der Waals surface area contributed by atoms with Crippen LogP contribution >= 0.6 is 0 Å². The lowest BCUT2D eigenvalue weighted by Gasteiger charge is -2.01. The lowest BCUT2D eigenvalue weighted by molar-refractivity contribution is -0.166. The van der Waals surface area contributed by atoms with Gasteiger partial charge in [-0.2, -0.15) is 4.89 Å². The number of hydrogen-bond donors (Lipinski definition) is 0. The Bertz CT molecular complexity index is 279. The fraction of sp³-hybridized carbons (Fsp3) is 0. The van der Waals surface area contributed by atoms with E-state index in [1.165, 1.54) is 6.61 Å². The minimum Gasteiger partial charge on any atom is -0.336 e. The molecule has 2 heteroatoms. The monoisotopic (exact) mass is 147 g/mol. The van der Waals surface area contributed by atoms with Gasteiger partial charge in [-0.05, 0) is 12.1 Å². The van der Waals surface area contributed by atoms with Crippen molar-refractivity contribution >= 4 is 6.08 Å². The van der Waals surface area contributed by atoms with Gasteiger partial charge in [0.05, 0.1) is 0 Å². The molecule has 0 aliphatic carbocycles. The first-order valence-corrected chi connectivity index (χ1v) is 3.39. The van der Waals surface area contributed by atoms with Gasteiger partial charge in [0.15, 0.2) is 12.4 Å². The zero-order valence-electron chi connectivity index (χ0n) is 5.86. The second-order valence-corrected chi connectivity index (χ2v) is 2.21. The molecular formula is C9H7O2. The van der Waals surface area contributed by atoms with E-state index in [4.69, 9.17) is 9.78 Å². The van der Waals surface area contributed by atoms with Crippen LogP contribution in [-0.2, 0) is 4.89 Å². The van der Waals surface area contributed by atoms with E-state index < -0.39 is 0 Å². The molecule has 0 N–H and O–H groups in total. The van der Waals surface area contributed by atoms with Gasteiger partial charge in [-0.1, -0.05) is 24.3 Å². The Morgan fingerprint density at radius 3 is 3.00 bits per heavy atom. The van der Waals surface area contributed by atoms with Gasteiger partial charge >= 0.3 is 0 Å². The highest BCUT2D eigenvalue weighted by atomic mass is 17.2. The minimum absolute atomic E-state index is 0.748. The van der Waals surface area contributed by atoms with E-state index in [0.29, 0.717) is 0 Å². The number of hydrogen-bond acceptors (Lipinski definition) is 2. The molecule has 1 aromatic rings. The van der Waals surface area contributed by atoms with Crippen LogP contribution in [0.5, 0.6) is 5.75 Å². The van der Waals surface area contributed by atoms with Crippen LogP contribution in [0.4, 0.5) is 0 Å². The summed E-state index contributed by atoms with van der Waals surface area (Å²) in [6.07, 6.45) is 3.73. The van der Waals surface area contributed by atoms with E-state index in [0.717, 1.165) is 11.3 Å².